The molecule has 0 N–H and O–H groups in total. The van der Waals surface area contributed by atoms with Gasteiger partial charge < -0.3 is 4.74 Å². The van der Waals surface area contributed by atoms with Crippen molar-refractivity contribution in [3.8, 4) is 0 Å². The Kier molecular flexibility index (Phi) is 4.73. The molecule has 1 saturated heterocycles. The van der Waals surface area contributed by atoms with Crippen LogP contribution in [0.5, 0.6) is 0 Å². The molecule has 0 saturated carbocycles. The fourth-order valence-electron chi connectivity index (χ4n) is 3.00. The number of nitrogens with zero attached hydrogens (tertiary/aromatic N) is 1. The van der Waals surface area contributed by atoms with E-state index in [9.17, 15) is 0 Å². The maximum Gasteiger partial charge on any atom is 0.0666 e. The molecule has 0 bridgehead atoms. The first-order chi connectivity index (χ1) is 10.3. The highest BCUT2D eigenvalue weighted by molar-refractivity contribution is 9.07. The number of halogens is 1. The van der Waals surface area contributed by atoms with Crippen LogP contribution in [0.3, 0.4) is 0 Å². The van der Waals surface area contributed by atoms with Gasteiger partial charge >= 0.3 is 0 Å². The number of ether oxygens (including phenoxy) is 1. The van der Waals surface area contributed by atoms with Gasteiger partial charge in [0.05, 0.1) is 18.8 Å². The van der Waals surface area contributed by atoms with Crippen molar-refractivity contribution in [1.29, 1.82) is 0 Å². The minimum Gasteiger partial charge on any atom is -0.378 e. The first-order valence-electron chi connectivity index (χ1n) is 7.38. The van der Waals surface area contributed by atoms with Crippen molar-refractivity contribution >= 4 is 16.1 Å². The SMILES string of the molecule is BrN1CCOCC1(Cc1ccccc1)Cc1ccccc1. The van der Waals surface area contributed by atoms with Crippen molar-refractivity contribution in [2.24, 2.45) is 0 Å². The fourth-order valence-corrected chi connectivity index (χ4v) is 3.50. The van der Waals surface area contributed by atoms with Gasteiger partial charge in [-0.3, -0.25) is 0 Å². The van der Waals surface area contributed by atoms with Crippen LogP contribution in [0, 0.1) is 0 Å². The van der Waals surface area contributed by atoms with E-state index in [0.29, 0.717) is 0 Å². The second-order valence-corrected chi connectivity index (χ2v) is 6.54. The maximum absolute atomic E-state index is 5.83. The van der Waals surface area contributed by atoms with E-state index in [1.807, 2.05) is 0 Å². The molecule has 2 aromatic rings. The molecular weight excluding hydrogens is 326 g/mol. The third kappa shape index (κ3) is 3.54. The van der Waals surface area contributed by atoms with Gasteiger partial charge in [0.1, 0.15) is 0 Å². The predicted molar refractivity (Wildman–Crippen MR) is 89.5 cm³/mol. The Morgan fingerprint density at radius 3 is 1.90 bits per heavy atom. The van der Waals surface area contributed by atoms with E-state index in [1.165, 1.54) is 11.1 Å². The summed E-state index contributed by atoms with van der Waals surface area (Å²) in [5.74, 6) is 0. The summed E-state index contributed by atoms with van der Waals surface area (Å²) in [4.78, 5) is 0. The Morgan fingerprint density at radius 1 is 0.905 bits per heavy atom. The lowest BCUT2D eigenvalue weighted by atomic mass is 9.84. The molecule has 0 aromatic heterocycles. The number of benzene rings is 2. The van der Waals surface area contributed by atoms with Crippen LogP contribution >= 0.6 is 16.1 Å². The molecular formula is C18H20BrNO. The Labute approximate surface area is 135 Å². The van der Waals surface area contributed by atoms with Crippen LogP contribution in [0.4, 0.5) is 0 Å². The van der Waals surface area contributed by atoms with Crippen molar-refractivity contribution in [2.75, 3.05) is 19.8 Å². The summed E-state index contributed by atoms with van der Waals surface area (Å²) in [7, 11) is 0. The van der Waals surface area contributed by atoms with Crippen LogP contribution in [0.1, 0.15) is 11.1 Å². The lowest BCUT2D eigenvalue weighted by molar-refractivity contribution is -0.0172. The predicted octanol–water partition coefficient (Wildman–Crippen LogP) is 3.85. The Morgan fingerprint density at radius 2 is 1.43 bits per heavy atom. The molecule has 21 heavy (non-hydrogen) atoms. The maximum atomic E-state index is 5.83. The summed E-state index contributed by atoms with van der Waals surface area (Å²) >= 11 is 3.78. The van der Waals surface area contributed by atoms with Crippen molar-refractivity contribution < 1.29 is 4.74 Å². The zero-order valence-corrected chi connectivity index (χ0v) is 13.6. The first kappa shape index (κ1) is 14.8. The molecule has 3 rings (SSSR count). The third-order valence-corrected chi connectivity index (χ3v) is 5.18. The highest BCUT2D eigenvalue weighted by atomic mass is 79.9. The molecule has 0 unspecified atom stereocenters. The molecule has 2 aromatic carbocycles. The van der Waals surface area contributed by atoms with Crippen LogP contribution < -0.4 is 0 Å². The number of hydrogen-bond donors (Lipinski definition) is 0. The summed E-state index contributed by atoms with van der Waals surface area (Å²) in [5.41, 5.74) is 2.67. The van der Waals surface area contributed by atoms with E-state index in [2.05, 4.69) is 80.7 Å². The minimum absolute atomic E-state index is 0.0268. The Bertz CT molecular complexity index is 516. The summed E-state index contributed by atoms with van der Waals surface area (Å²) < 4.78 is 8.12. The minimum atomic E-state index is -0.0268. The van der Waals surface area contributed by atoms with Crippen LogP contribution in [0.2, 0.25) is 0 Å². The normalized spacial score (nSPS) is 18.5. The molecule has 110 valence electrons. The first-order valence-corrected chi connectivity index (χ1v) is 8.08. The van der Waals surface area contributed by atoms with Gasteiger partial charge in [-0.05, 0) is 24.0 Å². The standard InChI is InChI=1S/C18H20BrNO/c19-20-11-12-21-15-18(20,13-16-7-3-1-4-8-16)14-17-9-5-2-6-10-17/h1-10H,11-15H2. The smallest absolute Gasteiger partial charge is 0.0666 e. The highest BCUT2D eigenvalue weighted by Crippen LogP contribution is 2.31. The molecule has 1 fully saturated rings. The highest BCUT2D eigenvalue weighted by Gasteiger charge is 2.39. The van der Waals surface area contributed by atoms with Crippen molar-refractivity contribution in [3.63, 3.8) is 0 Å². The number of rotatable bonds is 4. The van der Waals surface area contributed by atoms with Crippen LogP contribution in [0.25, 0.3) is 0 Å². The molecule has 0 amide bonds. The Balaban J connectivity index is 1.87. The molecule has 0 radical (unpaired) electrons. The molecule has 3 heteroatoms. The van der Waals surface area contributed by atoms with Gasteiger partial charge in [-0.15, -0.1) is 0 Å². The Hall–Kier alpha value is -1.16. The lowest BCUT2D eigenvalue weighted by Crippen LogP contribution is -2.55. The summed E-state index contributed by atoms with van der Waals surface area (Å²) in [6.07, 6.45) is 1.96. The lowest BCUT2D eigenvalue weighted by Gasteiger charge is -2.44. The molecule has 1 aliphatic heterocycles. The molecule has 2 nitrogen and oxygen atoms in total. The van der Waals surface area contributed by atoms with Gasteiger partial charge in [0.15, 0.2) is 0 Å². The summed E-state index contributed by atoms with van der Waals surface area (Å²) in [6, 6.07) is 21.3. The van der Waals surface area contributed by atoms with Gasteiger partial charge in [-0.1, -0.05) is 60.7 Å². The van der Waals surface area contributed by atoms with Crippen molar-refractivity contribution in [2.45, 2.75) is 18.4 Å². The fraction of sp³-hybridized carbons (Fsp3) is 0.333. The topological polar surface area (TPSA) is 12.5 Å². The van der Waals surface area contributed by atoms with Gasteiger partial charge in [-0.2, -0.15) is 0 Å². The molecule has 1 aliphatic rings. The van der Waals surface area contributed by atoms with Gasteiger partial charge in [0.25, 0.3) is 0 Å². The van der Waals surface area contributed by atoms with Gasteiger partial charge in [-0.25, -0.2) is 3.93 Å². The van der Waals surface area contributed by atoms with Crippen LogP contribution in [-0.4, -0.2) is 29.2 Å². The largest absolute Gasteiger partial charge is 0.378 e. The average molecular weight is 346 g/mol. The average Bonchev–Trinajstić information content (AvgIpc) is 2.52. The zero-order valence-electron chi connectivity index (χ0n) is 12.0. The molecule has 1 heterocycles. The molecule has 0 atom stereocenters. The quantitative estimate of drug-likeness (QED) is 0.780. The summed E-state index contributed by atoms with van der Waals surface area (Å²) in [6.45, 7) is 2.46. The van der Waals surface area contributed by atoms with E-state index in [-0.39, 0.29) is 5.54 Å². The van der Waals surface area contributed by atoms with E-state index >= 15 is 0 Å². The number of hydrogen-bond acceptors (Lipinski definition) is 2. The third-order valence-electron chi connectivity index (χ3n) is 4.07. The zero-order chi connectivity index (χ0) is 14.5. The molecule has 0 spiro atoms. The van der Waals surface area contributed by atoms with E-state index in [0.717, 1.165) is 32.6 Å². The summed E-state index contributed by atoms with van der Waals surface area (Å²) in [5, 5.41) is 0. The molecule has 0 aliphatic carbocycles. The van der Waals surface area contributed by atoms with Gasteiger partial charge in [0.2, 0.25) is 0 Å². The van der Waals surface area contributed by atoms with Crippen molar-refractivity contribution in [3.05, 3.63) is 71.8 Å². The van der Waals surface area contributed by atoms with E-state index in [1.54, 1.807) is 0 Å². The van der Waals surface area contributed by atoms with Gasteiger partial charge in [0, 0.05) is 22.7 Å². The monoisotopic (exact) mass is 345 g/mol. The second-order valence-electron chi connectivity index (χ2n) is 5.69. The number of morpholine rings is 1. The van der Waals surface area contributed by atoms with E-state index < -0.39 is 0 Å². The van der Waals surface area contributed by atoms with Crippen LogP contribution in [0.15, 0.2) is 60.7 Å². The van der Waals surface area contributed by atoms with E-state index in [4.69, 9.17) is 4.74 Å². The van der Waals surface area contributed by atoms with Crippen LogP contribution in [-0.2, 0) is 17.6 Å². The second kappa shape index (κ2) is 6.73. The van der Waals surface area contributed by atoms with Crippen molar-refractivity contribution in [1.82, 2.24) is 3.93 Å².